The van der Waals surface area contributed by atoms with Crippen LogP contribution in [0.3, 0.4) is 0 Å². The Morgan fingerprint density at radius 2 is 2.11 bits per heavy atom. The second-order valence-electron chi connectivity index (χ2n) is 5.67. The molecule has 104 valence electrons. The molecule has 0 aromatic heterocycles. The third-order valence-corrected chi connectivity index (χ3v) is 3.94. The third-order valence-electron chi connectivity index (χ3n) is 3.94. The highest BCUT2D eigenvalue weighted by Crippen LogP contribution is 2.29. The summed E-state index contributed by atoms with van der Waals surface area (Å²) in [5.41, 5.74) is 1.98. The Morgan fingerprint density at radius 1 is 1.42 bits per heavy atom. The molecule has 0 bridgehead atoms. The zero-order valence-electron chi connectivity index (χ0n) is 11.5. The minimum atomic E-state index is -0.327. The number of nitro benzene ring substituents is 1. The van der Waals surface area contributed by atoms with E-state index in [0.29, 0.717) is 5.56 Å². The summed E-state index contributed by atoms with van der Waals surface area (Å²) in [5.74, 6) is 0. The number of rotatable bonds is 4. The molecule has 0 aliphatic carbocycles. The minimum absolute atomic E-state index is 0.181. The van der Waals surface area contributed by atoms with Crippen LogP contribution < -0.4 is 10.6 Å². The highest BCUT2D eigenvalue weighted by molar-refractivity contribution is 5.54. The van der Waals surface area contributed by atoms with Crippen molar-refractivity contribution in [3.05, 3.63) is 33.9 Å². The van der Waals surface area contributed by atoms with Crippen molar-refractivity contribution in [2.45, 2.75) is 26.7 Å². The van der Waals surface area contributed by atoms with E-state index in [2.05, 4.69) is 17.6 Å². The Labute approximate surface area is 113 Å². The van der Waals surface area contributed by atoms with Crippen molar-refractivity contribution >= 4 is 11.4 Å². The number of nitro groups is 1. The van der Waals surface area contributed by atoms with Gasteiger partial charge >= 0.3 is 0 Å². The van der Waals surface area contributed by atoms with Gasteiger partial charge in [0.15, 0.2) is 0 Å². The van der Waals surface area contributed by atoms with Gasteiger partial charge in [0, 0.05) is 23.9 Å². The van der Waals surface area contributed by atoms with Crippen molar-refractivity contribution in [2.75, 3.05) is 25.0 Å². The second-order valence-corrected chi connectivity index (χ2v) is 5.67. The van der Waals surface area contributed by atoms with Crippen LogP contribution in [0.15, 0.2) is 18.2 Å². The van der Waals surface area contributed by atoms with E-state index in [4.69, 9.17) is 0 Å². The Kier molecular flexibility index (Phi) is 4.04. The average Bonchev–Trinajstić information content (AvgIpc) is 2.38. The molecule has 1 saturated heterocycles. The van der Waals surface area contributed by atoms with Gasteiger partial charge in [0.05, 0.1) is 4.92 Å². The van der Waals surface area contributed by atoms with Gasteiger partial charge in [-0.05, 0) is 44.3 Å². The largest absolute Gasteiger partial charge is 0.384 e. The molecule has 1 aliphatic heterocycles. The summed E-state index contributed by atoms with van der Waals surface area (Å²) >= 11 is 0. The summed E-state index contributed by atoms with van der Waals surface area (Å²) in [6.07, 6.45) is 2.27. The lowest BCUT2D eigenvalue weighted by atomic mass is 9.81. The second kappa shape index (κ2) is 5.57. The molecule has 2 N–H and O–H groups in total. The fourth-order valence-corrected chi connectivity index (χ4v) is 2.44. The van der Waals surface area contributed by atoms with Gasteiger partial charge in [-0.15, -0.1) is 0 Å². The molecular formula is C14H21N3O2. The molecule has 1 fully saturated rings. The van der Waals surface area contributed by atoms with Crippen molar-refractivity contribution in [1.29, 1.82) is 0 Å². The molecule has 0 unspecified atom stereocenters. The van der Waals surface area contributed by atoms with Crippen LogP contribution in [-0.4, -0.2) is 24.6 Å². The average molecular weight is 263 g/mol. The van der Waals surface area contributed by atoms with Crippen molar-refractivity contribution in [2.24, 2.45) is 5.41 Å². The lowest BCUT2D eigenvalue weighted by Crippen LogP contribution is -2.39. The number of hydrogen-bond acceptors (Lipinski definition) is 4. The molecule has 19 heavy (non-hydrogen) atoms. The molecule has 1 heterocycles. The minimum Gasteiger partial charge on any atom is -0.384 e. The van der Waals surface area contributed by atoms with Gasteiger partial charge < -0.3 is 10.6 Å². The molecule has 5 heteroatoms. The number of hydrogen-bond donors (Lipinski definition) is 2. The molecule has 1 aromatic carbocycles. The first-order valence-corrected chi connectivity index (χ1v) is 6.70. The molecule has 0 radical (unpaired) electrons. The van der Waals surface area contributed by atoms with E-state index in [1.165, 1.54) is 0 Å². The van der Waals surface area contributed by atoms with E-state index in [0.717, 1.165) is 38.2 Å². The Bertz CT molecular complexity index is 468. The van der Waals surface area contributed by atoms with Gasteiger partial charge in [-0.3, -0.25) is 10.1 Å². The van der Waals surface area contributed by atoms with Crippen molar-refractivity contribution in [3.63, 3.8) is 0 Å². The molecule has 5 nitrogen and oxygen atoms in total. The highest BCUT2D eigenvalue weighted by Gasteiger charge is 2.26. The smallest absolute Gasteiger partial charge is 0.274 e. The van der Waals surface area contributed by atoms with Gasteiger partial charge in [0.1, 0.15) is 0 Å². The van der Waals surface area contributed by atoms with Crippen LogP contribution in [0, 0.1) is 22.5 Å². The number of nitrogens with zero attached hydrogens (tertiary/aromatic N) is 1. The van der Waals surface area contributed by atoms with Gasteiger partial charge in [0.25, 0.3) is 5.69 Å². The lowest BCUT2D eigenvalue weighted by molar-refractivity contribution is -0.385. The summed E-state index contributed by atoms with van der Waals surface area (Å²) < 4.78 is 0. The van der Waals surface area contributed by atoms with Gasteiger partial charge in [-0.25, -0.2) is 0 Å². The van der Waals surface area contributed by atoms with E-state index in [9.17, 15) is 10.1 Å². The van der Waals surface area contributed by atoms with Crippen molar-refractivity contribution in [3.8, 4) is 0 Å². The molecule has 1 aliphatic rings. The number of piperidine rings is 1. The maximum atomic E-state index is 10.9. The van der Waals surface area contributed by atoms with Crippen LogP contribution in [0.25, 0.3) is 0 Å². The number of benzene rings is 1. The van der Waals surface area contributed by atoms with Crippen LogP contribution in [-0.2, 0) is 0 Å². The Hall–Kier alpha value is -1.62. The van der Waals surface area contributed by atoms with Crippen LogP contribution >= 0.6 is 0 Å². The summed E-state index contributed by atoms with van der Waals surface area (Å²) in [4.78, 5) is 10.6. The topological polar surface area (TPSA) is 67.2 Å². The molecule has 1 aromatic rings. The van der Waals surface area contributed by atoms with E-state index in [1.54, 1.807) is 19.1 Å². The maximum absolute atomic E-state index is 10.9. The normalized spacial score (nSPS) is 18.0. The quantitative estimate of drug-likeness (QED) is 0.647. The van der Waals surface area contributed by atoms with Crippen molar-refractivity contribution in [1.82, 2.24) is 5.32 Å². The number of nitrogens with one attached hydrogen (secondary N) is 2. The Morgan fingerprint density at radius 3 is 2.74 bits per heavy atom. The van der Waals surface area contributed by atoms with E-state index in [-0.39, 0.29) is 16.0 Å². The van der Waals surface area contributed by atoms with E-state index < -0.39 is 0 Å². The summed E-state index contributed by atoms with van der Waals surface area (Å²) in [7, 11) is 0. The molecule has 0 atom stereocenters. The molecule has 0 spiro atoms. The standard InChI is InChI=1S/C14H21N3O2/c1-11-3-4-12(9-13(11)17(18)19)16-10-14(2)5-7-15-8-6-14/h3-4,9,15-16H,5-8,10H2,1-2H3. The molecule has 0 saturated carbocycles. The van der Waals surface area contributed by atoms with Crippen LogP contribution in [0.1, 0.15) is 25.3 Å². The van der Waals surface area contributed by atoms with Gasteiger partial charge in [-0.2, -0.15) is 0 Å². The summed E-state index contributed by atoms with van der Waals surface area (Å²) in [6, 6.07) is 5.33. The zero-order valence-corrected chi connectivity index (χ0v) is 11.5. The molecular weight excluding hydrogens is 242 g/mol. The number of anilines is 1. The predicted molar refractivity (Wildman–Crippen MR) is 76.5 cm³/mol. The highest BCUT2D eigenvalue weighted by atomic mass is 16.6. The monoisotopic (exact) mass is 263 g/mol. The van der Waals surface area contributed by atoms with Crippen molar-refractivity contribution < 1.29 is 4.92 Å². The number of aryl methyl sites for hydroxylation is 1. The lowest BCUT2D eigenvalue weighted by Gasteiger charge is -2.34. The molecule has 2 rings (SSSR count). The van der Waals surface area contributed by atoms with Crippen LogP contribution in [0.2, 0.25) is 0 Å². The first-order chi connectivity index (χ1) is 9.00. The summed E-state index contributed by atoms with van der Waals surface area (Å²) in [5, 5.41) is 17.6. The third kappa shape index (κ3) is 3.44. The predicted octanol–water partition coefficient (Wildman–Crippen LogP) is 2.70. The maximum Gasteiger partial charge on any atom is 0.274 e. The van der Waals surface area contributed by atoms with E-state index in [1.807, 2.05) is 6.07 Å². The molecule has 0 amide bonds. The van der Waals surface area contributed by atoms with Gasteiger partial charge in [0.2, 0.25) is 0 Å². The fraction of sp³-hybridized carbons (Fsp3) is 0.571. The Balaban J connectivity index is 2.03. The summed E-state index contributed by atoms with van der Waals surface area (Å²) in [6.45, 7) is 6.98. The zero-order chi connectivity index (χ0) is 13.9. The first-order valence-electron chi connectivity index (χ1n) is 6.70. The van der Waals surface area contributed by atoms with Gasteiger partial charge in [-0.1, -0.05) is 13.0 Å². The fourth-order valence-electron chi connectivity index (χ4n) is 2.44. The van der Waals surface area contributed by atoms with Crippen LogP contribution in [0.4, 0.5) is 11.4 Å². The SMILES string of the molecule is Cc1ccc(NCC2(C)CCNCC2)cc1[N+](=O)[O-]. The van der Waals surface area contributed by atoms with Crippen LogP contribution in [0.5, 0.6) is 0 Å². The first kappa shape index (κ1) is 13.8. The van der Waals surface area contributed by atoms with E-state index >= 15 is 0 Å².